The van der Waals surface area contributed by atoms with Crippen molar-refractivity contribution in [2.45, 2.75) is 13.1 Å². The second-order valence-corrected chi connectivity index (χ2v) is 4.61. The molecule has 1 N–H and O–H groups in total. The van der Waals surface area contributed by atoms with E-state index in [1.54, 1.807) is 6.92 Å². The first-order valence-corrected chi connectivity index (χ1v) is 6.44. The lowest BCUT2D eigenvalue weighted by molar-refractivity contribution is -0.137. The van der Waals surface area contributed by atoms with Crippen LogP contribution in [0.1, 0.15) is 23.0 Å². The lowest BCUT2D eigenvalue weighted by Gasteiger charge is -2.10. The summed E-state index contributed by atoms with van der Waals surface area (Å²) < 4.78 is 44.0. The Balaban J connectivity index is 2.61. The summed E-state index contributed by atoms with van der Waals surface area (Å²) in [7, 11) is 0. The van der Waals surface area contributed by atoms with E-state index in [4.69, 9.17) is 16.3 Å². The molecule has 3 nitrogen and oxygen atoms in total. The molecule has 0 aliphatic carbocycles. The number of rotatable bonds is 3. The first-order chi connectivity index (χ1) is 9.84. The molecule has 0 unspecified atom stereocenters. The van der Waals surface area contributed by atoms with Crippen molar-refractivity contribution in [2.75, 3.05) is 6.61 Å². The van der Waals surface area contributed by atoms with Gasteiger partial charge in [0.1, 0.15) is 5.69 Å². The number of halogens is 4. The Hall–Kier alpha value is -1.95. The Kier molecular flexibility index (Phi) is 4.27. The highest BCUT2D eigenvalue weighted by molar-refractivity contribution is 6.30. The van der Waals surface area contributed by atoms with E-state index < -0.39 is 17.7 Å². The van der Waals surface area contributed by atoms with Crippen LogP contribution in [0.15, 0.2) is 30.5 Å². The molecule has 1 aromatic heterocycles. The Morgan fingerprint density at radius 1 is 1.29 bits per heavy atom. The van der Waals surface area contributed by atoms with Gasteiger partial charge in [0.15, 0.2) is 0 Å². The number of aromatic nitrogens is 1. The maximum absolute atomic E-state index is 13.1. The smallest absolute Gasteiger partial charge is 0.418 e. The predicted molar refractivity (Wildman–Crippen MR) is 72.2 cm³/mol. The van der Waals surface area contributed by atoms with Crippen LogP contribution >= 0.6 is 11.6 Å². The second-order valence-electron chi connectivity index (χ2n) is 4.18. The molecule has 0 radical (unpaired) electrons. The monoisotopic (exact) mass is 317 g/mol. The van der Waals surface area contributed by atoms with E-state index in [1.807, 2.05) is 0 Å². The van der Waals surface area contributed by atoms with Crippen LogP contribution in [-0.2, 0) is 10.9 Å². The molecule has 7 heteroatoms. The first kappa shape index (κ1) is 15.4. The summed E-state index contributed by atoms with van der Waals surface area (Å²) in [5.41, 5.74) is -1.16. The van der Waals surface area contributed by atoms with E-state index in [0.717, 1.165) is 6.20 Å². The molecule has 21 heavy (non-hydrogen) atoms. The molecule has 0 spiro atoms. The maximum atomic E-state index is 13.1. The zero-order valence-corrected chi connectivity index (χ0v) is 11.7. The molecule has 0 atom stereocenters. The Morgan fingerprint density at radius 3 is 2.43 bits per heavy atom. The zero-order valence-electron chi connectivity index (χ0n) is 10.9. The van der Waals surface area contributed by atoms with Gasteiger partial charge in [0.2, 0.25) is 0 Å². The molecule has 0 saturated carbocycles. The summed E-state index contributed by atoms with van der Waals surface area (Å²) in [4.78, 5) is 14.2. The number of ether oxygens (including phenoxy) is 1. The summed E-state index contributed by atoms with van der Waals surface area (Å²) >= 11 is 5.73. The second kappa shape index (κ2) is 5.81. The fourth-order valence-corrected chi connectivity index (χ4v) is 2.05. The highest BCUT2D eigenvalue weighted by Gasteiger charge is 2.37. The van der Waals surface area contributed by atoms with Crippen LogP contribution in [0.3, 0.4) is 0 Å². The first-order valence-electron chi connectivity index (χ1n) is 6.06. The minimum Gasteiger partial charge on any atom is -0.461 e. The lowest BCUT2D eigenvalue weighted by atomic mass is 10.0. The fourth-order valence-electron chi connectivity index (χ4n) is 1.93. The molecule has 0 bridgehead atoms. The number of benzene rings is 1. The lowest BCUT2D eigenvalue weighted by Crippen LogP contribution is -2.09. The number of H-pyrrole nitrogens is 1. The molecule has 1 heterocycles. The Bertz CT molecular complexity index is 647. The number of hydrogen-bond donors (Lipinski definition) is 1. The van der Waals surface area contributed by atoms with Crippen LogP contribution in [-0.4, -0.2) is 17.6 Å². The summed E-state index contributed by atoms with van der Waals surface area (Å²) in [6.45, 7) is 1.65. The minimum absolute atomic E-state index is 0.0687. The molecular weight excluding hydrogens is 307 g/mol. The summed E-state index contributed by atoms with van der Waals surface area (Å²) in [6, 6.07) is 5.75. The molecule has 0 saturated heterocycles. The van der Waals surface area contributed by atoms with Crippen molar-refractivity contribution < 1.29 is 22.7 Å². The van der Waals surface area contributed by atoms with E-state index >= 15 is 0 Å². The van der Waals surface area contributed by atoms with Gasteiger partial charge < -0.3 is 9.72 Å². The van der Waals surface area contributed by atoms with Gasteiger partial charge in [0.25, 0.3) is 0 Å². The van der Waals surface area contributed by atoms with Gasteiger partial charge in [-0.1, -0.05) is 23.7 Å². The average Bonchev–Trinajstić information content (AvgIpc) is 2.84. The van der Waals surface area contributed by atoms with Gasteiger partial charge in [-0.05, 0) is 24.6 Å². The highest BCUT2D eigenvalue weighted by Crippen LogP contribution is 2.39. The van der Waals surface area contributed by atoms with Gasteiger partial charge in [-0.25, -0.2) is 4.79 Å². The van der Waals surface area contributed by atoms with E-state index in [-0.39, 0.29) is 23.4 Å². The van der Waals surface area contributed by atoms with Crippen LogP contribution in [0, 0.1) is 0 Å². The number of carbonyl (C=O) groups is 1. The standard InChI is InChI=1S/C14H11ClF3NO2/c1-2-21-13(20)12-11(8-3-5-9(15)6-4-8)10(7-19-12)14(16,17)18/h3-7,19H,2H2,1H3. The van der Waals surface area contributed by atoms with Gasteiger partial charge in [0, 0.05) is 16.8 Å². The molecule has 2 aromatic rings. The maximum Gasteiger partial charge on any atom is 0.418 e. The number of aromatic amines is 1. The number of esters is 1. The number of carbonyl (C=O) groups excluding carboxylic acids is 1. The number of nitrogens with one attached hydrogen (secondary N) is 1. The third kappa shape index (κ3) is 3.21. The van der Waals surface area contributed by atoms with Crippen molar-refractivity contribution in [1.82, 2.24) is 4.98 Å². The molecule has 112 valence electrons. The van der Waals surface area contributed by atoms with Crippen molar-refractivity contribution >= 4 is 17.6 Å². The fraction of sp³-hybridized carbons (Fsp3) is 0.214. The highest BCUT2D eigenvalue weighted by atomic mass is 35.5. The van der Waals surface area contributed by atoms with Crippen LogP contribution < -0.4 is 0 Å². The van der Waals surface area contributed by atoms with Gasteiger partial charge in [-0.3, -0.25) is 0 Å². The van der Waals surface area contributed by atoms with Crippen molar-refractivity contribution in [3.63, 3.8) is 0 Å². The molecule has 2 rings (SSSR count). The molecular formula is C14H11ClF3NO2. The van der Waals surface area contributed by atoms with Gasteiger partial charge in [-0.15, -0.1) is 0 Å². The summed E-state index contributed by atoms with van der Waals surface area (Å²) in [5.74, 6) is -0.835. The number of hydrogen-bond acceptors (Lipinski definition) is 2. The zero-order chi connectivity index (χ0) is 15.6. The Morgan fingerprint density at radius 2 is 1.90 bits per heavy atom. The molecule has 0 fully saturated rings. The molecule has 0 amide bonds. The predicted octanol–water partition coefficient (Wildman–Crippen LogP) is 4.53. The third-order valence-corrected chi connectivity index (χ3v) is 3.05. The molecule has 1 aromatic carbocycles. The summed E-state index contributed by atoms with van der Waals surface area (Å²) in [6.07, 6.45) is -3.83. The van der Waals surface area contributed by atoms with Crippen molar-refractivity contribution in [3.05, 3.63) is 46.7 Å². The van der Waals surface area contributed by atoms with Gasteiger partial charge in [0.05, 0.1) is 12.2 Å². The summed E-state index contributed by atoms with van der Waals surface area (Å²) in [5, 5.41) is 0.389. The SMILES string of the molecule is CCOC(=O)c1[nH]cc(C(F)(F)F)c1-c1ccc(Cl)cc1. The van der Waals surface area contributed by atoms with Crippen LogP contribution in [0.25, 0.3) is 11.1 Å². The quantitative estimate of drug-likeness (QED) is 0.845. The third-order valence-electron chi connectivity index (χ3n) is 2.80. The molecule has 0 aliphatic heterocycles. The topological polar surface area (TPSA) is 42.1 Å². The van der Waals surface area contributed by atoms with Crippen LogP contribution in [0.4, 0.5) is 13.2 Å². The van der Waals surface area contributed by atoms with E-state index in [1.165, 1.54) is 24.3 Å². The van der Waals surface area contributed by atoms with E-state index in [9.17, 15) is 18.0 Å². The van der Waals surface area contributed by atoms with Crippen LogP contribution in [0.2, 0.25) is 5.02 Å². The van der Waals surface area contributed by atoms with Crippen molar-refractivity contribution in [1.29, 1.82) is 0 Å². The molecule has 0 aliphatic rings. The average molecular weight is 318 g/mol. The van der Waals surface area contributed by atoms with E-state index in [0.29, 0.717) is 5.02 Å². The normalized spacial score (nSPS) is 11.5. The minimum atomic E-state index is -4.59. The van der Waals surface area contributed by atoms with Crippen LogP contribution in [0.5, 0.6) is 0 Å². The van der Waals surface area contributed by atoms with Crippen molar-refractivity contribution in [3.8, 4) is 11.1 Å². The Labute approximate surface area is 123 Å². The van der Waals surface area contributed by atoms with Crippen molar-refractivity contribution in [2.24, 2.45) is 0 Å². The van der Waals surface area contributed by atoms with Gasteiger partial charge in [-0.2, -0.15) is 13.2 Å². The number of alkyl halides is 3. The largest absolute Gasteiger partial charge is 0.461 e. The van der Waals surface area contributed by atoms with Gasteiger partial charge >= 0.3 is 12.1 Å². The van der Waals surface area contributed by atoms with E-state index in [2.05, 4.69) is 4.98 Å².